The largest absolute Gasteiger partial charge is 0.503 e. The molecule has 1 aromatic rings. The van der Waals surface area contributed by atoms with Crippen molar-refractivity contribution in [2.45, 2.75) is 6.92 Å². The Morgan fingerprint density at radius 2 is 2.31 bits per heavy atom. The molecule has 0 aliphatic heterocycles. The number of phenolic OH excluding ortho intramolecular Hbond substituents is 1. The molecule has 1 N–H and O–H groups in total. The van der Waals surface area contributed by atoms with Gasteiger partial charge in [-0.1, -0.05) is 12.7 Å². The first kappa shape index (κ1) is 10.1. The van der Waals surface area contributed by atoms with Crippen LogP contribution in [0.4, 0.5) is 0 Å². The van der Waals surface area contributed by atoms with Gasteiger partial charge in [-0.25, -0.2) is 0 Å². The molecule has 0 saturated carbocycles. The summed E-state index contributed by atoms with van der Waals surface area (Å²) in [7, 11) is 0. The Hall–Kier alpha value is -0.960. The minimum Gasteiger partial charge on any atom is -0.503 e. The number of benzene rings is 1. The van der Waals surface area contributed by atoms with Gasteiger partial charge in [-0.05, 0) is 40.5 Å². The van der Waals surface area contributed by atoms with E-state index in [0.29, 0.717) is 16.8 Å². The zero-order valence-corrected chi connectivity index (χ0v) is 8.97. The molecule has 0 radical (unpaired) electrons. The summed E-state index contributed by atoms with van der Waals surface area (Å²) < 4.78 is 5.85. The van der Waals surface area contributed by atoms with Gasteiger partial charge in [0.15, 0.2) is 11.5 Å². The third-order valence-electron chi connectivity index (χ3n) is 1.59. The highest BCUT2D eigenvalue weighted by molar-refractivity contribution is 9.10. The van der Waals surface area contributed by atoms with E-state index in [9.17, 15) is 5.11 Å². The summed E-state index contributed by atoms with van der Waals surface area (Å²) in [4.78, 5) is 0. The van der Waals surface area contributed by atoms with Gasteiger partial charge >= 0.3 is 0 Å². The number of rotatable bonds is 3. The van der Waals surface area contributed by atoms with Gasteiger partial charge in [0.2, 0.25) is 0 Å². The Kier molecular flexibility index (Phi) is 3.37. The molecule has 0 bridgehead atoms. The highest BCUT2D eigenvalue weighted by Gasteiger charge is 2.07. The topological polar surface area (TPSA) is 29.5 Å². The SMILES string of the molecule is C=Cc1cc(Br)c(O)c(OCC)c1. The fourth-order valence-corrected chi connectivity index (χ4v) is 1.44. The summed E-state index contributed by atoms with van der Waals surface area (Å²) in [5.41, 5.74) is 0.910. The molecule has 3 heteroatoms. The third kappa shape index (κ3) is 2.25. The lowest BCUT2D eigenvalue weighted by Crippen LogP contribution is -1.92. The lowest BCUT2D eigenvalue weighted by molar-refractivity contribution is 0.317. The average molecular weight is 243 g/mol. The third-order valence-corrected chi connectivity index (χ3v) is 2.19. The van der Waals surface area contributed by atoms with Crippen molar-refractivity contribution >= 4 is 22.0 Å². The fraction of sp³-hybridized carbons (Fsp3) is 0.200. The van der Waals surface area contributed by atoms with E-state index in [-0.39, 0.29) is 5.75 Å². The summed E-state index contributed by atoms with van der Waals surface area (Å²) in [5.74, 6) is 0.610. The molecule has 0 amide bonds. The number of phenols is 1. The number of hydrogen-bond donors (Lipinski definition) is 1. The molecule has 1 rings (SSSR count). The van der Waals surface area contributed by atoms with Crippen LogP contribution in [0.1, 0.15) is 12.5 Å². The molecule has 70 valence electrons. The van der Waals surface area contributed by atoms with Crippen molar-refractivity contribution in [3.8, 4) is 11.5 Å². The lowest BCUT2D eigenvalue weighted by atomic mass is 10.2. The molecule has 0 fully saturated rings. The maximum Gasteiger partial charge on any atom is 0.172 e. The highest BCUT2D eigenvalue weighted by atomic mass is 79.9. The molecule has 13 heavy (non-hydrogen) atoms. The Labute approximate surface area is 86.0 Å². The van der Waals surface area contributed by atoms with Crippen molar-refractivity contribution in [2.75, 3.05) is 6.61 Å². The van der Waals surface area contributed by atoms with Crippen LogP contribution in [0, 0.1) is 0 Å². The molecule has 0 atom stereocenters. The lowest BCUT2D eigenvalue weighted by Gasteiger charge is -2.08. The first-order valence-electron chi connectivity index (χ1n) is 3.96. The molecule has 0 unspecified atom stereocenters. The monoisotopic (exact) mass is 242 g/mol. The number of aromatic hydroxyl groups is 1. The van der Waals surface area contributed by atoms with Crippen molar-refractivity contribution in [2.24, 2.45) is 0 Å². The molecule has 2 nitrogen and oxygen atoms in total. The van der Waals surface area contributed by atoms with Gasteiger partial charge in [-0.15, -0.1) is 0 Å². The van der Waals surface area contributed by atoms with E-state index in [0.717, 1.165) is 5.56 Å². The fourth-order valence-electron chi connectivity index (χ4n) is 0.977. The van der Waals surface area contributed by atoms with Gasteiger partial charge in [0.05, 0.1) is 11.1 Å². The van der Waals surface area contributed by atoms with Crippen molar-refractivity contribution in [3.05, 3.63) is 28.7 Å². The molecule has 0 aliphatic carbocycles. The van der Waals surface area contributed by atoms with E-state index in [2.05, 4.69) is 22.5 Å². The molecule has 1 aromatic carbocycles. The highest BCUT2D eigenvalue weighted by Crippen LogP contribution is 2.35. The van der Waals surface area contributed by atoms with Gasteiger partial charge in [0.1, 0.15) is 0 Å². The van der Waals surface area contributed by atoms with Crippen LogP contribution in [0.2, 0.25) is 0 Å². The van der Waals surface area contributed by atoms with Crippen molar-refractivity contribution in [1.29, 1.82) is 0 Å². The number of hydrogen-bond acceptors (Lipinski definition) is 2. The standard InChI is InChI=1S/C10H11BrO2/c1-3-7-5-8(11)10(12)9(6-7)13-4-2/h3,5-6,12H,1,4H2,2H3. The minimum absolute atomic E-state index is 0.132. The first-order valence-corrected chi connectivity index (χ1v) is 4.76. The van der Waals surface area contributed by atoms with Crippen LogP contribution in [0.3, 0.4) is 0 Å². The number of halogens is 1. The van der Waals surface area contributed by atoms with Crippen LogP contribution in [-0.2, 0) is 0 Å². The molecule has 0 aliphatic rings. The second-order valence-electron chi connectivity index (χ2n) is 2.49. The molecular formula is C10H11BrO2. The number of ether oxygens (including phenoxy) is 1. The van der Waals surface area contributed by atoms with Crippen molar-refractivity contribution in [1.82, 2.24) is 0 Å². The van der Waals surface area contributed by atoms with Crippen LogP contribution in [0.5, 0.6) is 11.5 Å². The van der Waals surface area contributed by atoms with E-state index in [4.69, 9.17) is 4.74 Å². The predicted molar refractivity (Wildman–Crippen MR) is 57.1 cm³/mol. The molecule has 0 saturated heterocycles. The Morgan fingerprint density at radius 3 is 2.85 bits per heavy atom. The molecular weight excluding hydrogens is 232 g/mol. The summed E-state index contributed by atoms with van der Waals surface area (Å²) in [6, 6.07) is 3.53. The summed E-state index contributed by atoms with van der Waals surface area (Å²) in [6.07, 6.45) is 1.70. The summed E-state index contributed by atoms with van der Waals surface area (Å²) in [6.45, 7) is 6.04. The maximum atomic E-state index is 9.54. The van der Waals surface area contributed by atoms with Gasteiger partial charge < -0.3 is 9.84 Å². The van der Waals surface area contributed by atoms with Crippen LogP contribution in [0.15, 0.2) is 23.2 Å². The van der Waals surface area contributed by atoms with Gasteiger partial charge in [-0.2, -0.15) is 0 Å². The van der Waals surface area contributed by atoms with Crippen LogP contribution < -0.4 is 4.74 Å². The molecule has 0 spiro atoms. The Bertz CT molecular complexity index is 321. The normalized spacial score (nSPS) is 9.69. The van der Waals surface area contributed by atoms with E-state index < -0.39 is 0 Å². The Balaban J connectivity index is 3.16. The van der Waals surface area contributed by atoms with E-state index in [1.165, 1.54) is 0 Å². The molecule has 0 aromatic heterocycles. The quantitative estimate of drug-likeness (QED) is 0.883. The second-order valence-corrected chi connectivity index (χ2v) is 3.34. The van der Waals surface area contributed by atoms with E-state index in [1.54, 1.807) is 18.2 Å². The Morgan fingerprint density at radius 1 is 1.62 bits per heavy atom. The minimum atomic E-state index is 0.132. The summed E-state index contributed by atoms with van der Waals surface area (Å²) >= 11 is 3.23. The van der Waals surface area contributed by atoms with E-state index in [1.807, 2.05) is 6.92 Å². The van der Waals surface area contributed by atoms with Gasteiger partial charge in [0, 0.05) is 0 Å². The zero-order chi connectivity index (χ0) is 9.84. The smallest absolute Gasteiger partial charge is 0.172 e. The van der Waals surface area contributed by atoms with Crippen molar-refractivity contribution in [3.63, 3.8) is 0 Å². The van der Waals surface area contributed by atoms with Gasteiger partial charge in [-0.3, -0.25) is 0 Å². The van der Waals surface area contributed by atoms with Crippen LogP contribution in [-0.4, -0.2) is 11.7 Å². The zero-order valence-electron chi connectivity index (χ0n) is 7.38. The van der Waals surface area contributed by atoms with Crippen LogP contribution in [0.25, 0.3) is 6.08 Å². The molecule has 0 heterocycles. The average Bonchev–Trinajstić information content (AvgIpc) is 2.13. The predicted octanol–water partition coefficient (Wildman–Crippen LogP) is 3.20. The first-order chi connectivity index (χ1) is 6.19. The van der Waals surface area contributed by atoms with Crippen molar-refractivity contribution < 1.29 is 9.84 Å². The summed E-state index contributed by atoms with van der Waals surface area (Å²) in [5, 5.41) is 9.54. The maximum absolute atomic E-state index is 9.54. The van der Waals surface area contributed by atoms with Gasteiger partial charge in [0.25, 0.3) is 0 Å². The second kappa shape index (κ2) is 4.33. The van der Waals surface area contributed by atoms with Crippen LogP contribution >= 0.6 is 15.9 Å². The van der Waals surface area contributed by atoms with E-state index >= 15 is 0 Å².